The van der Waals surface area contributed by atoms with Crippen molar-refractivity contribution in [2.45, 2.75) is 57.9 Å². The summed E-state index contributed by atoms with van der Waals surface area (Å²) in [5.41, 5.74) is -0.149. The molecule has 0 aromatic carbocycles. The molecule has 1 fully saturated rings. The molecule has 0 radical (unpaired) electrons. The standard InChI is InChI=1S/C13H25NO2/c1-10(2)7-11-5-4-6-13(8-11,14-3)9-12(15)16/h10-11,14H,4-9H2,1-3H3,(H,15,16). The molecule has 0 heterocycles. The van der Waals surface area contributed by atoms with Crippen molar-refractivity contribution in [2.75, 3.05) is 7.05 Å². The molecule has 0 aromatic rings. The van der Waals surface area contributed by atoms with E-state index in [-0.39, 0.29) is 12.0 Å². The molecule has 1 aliphatic rings. The monoisotopic (exact) mass is 227 g/mol. The van der Waals surface area contributed by atoms with Gasteiger partial charge >= 0.3 is 5.97 Å². The SMILES string of the molecule is CNC1(CC(=O)O)CCCC(CC(C)C)C1. The number of carboxylic acid groups (broad SMARTS) is 1. The molecule has 0 amide bonds. The van der Waals surface area contributed by atoms with Crippen molar-refractivity contribution >= 4 is 5.97 Å². The minimum Gasteiger partial charge on any atom is -0.481 e. The summed E-state index contributed by atoms with van der Waals surface area (Å²) in [5, 5.41) is 12.3. The molecule has 1 rings (SSSR count). The van der Waals surface area contributed by atoms with Crippen LogP contribution in [0.25, 0.3) is 0 Å². The van der Waals surface area contributed by atoms with Crippen molar-refractivity contribution in [3.05, 3.63) is 0 Å². The van der Waals surface area contributed by atoms with Crippen molar-refractivity contribution < 1.29 is 9.90 Å². The Hall–Kier alpha value is -0.570. The highest BCUT2D eigenvalue weighted by Crippen LogP contribution is 2.37. The van der Waals surface area contributed by atoms with Gasteiger partial charge in [-0.05, 0) is 38.1 Å². The maximum Gasteiger partial charge on any atom is 0.305 e. The lowest BCUT2D eigenvalue weighted by atomic mass is 9.71. The van der Waals surface area contributed by atoms with Crippen LogP contribution in [0.2, 0.25) is 0 Å². The van der Waals surface area contributed by atoms with E-state index in [2.05, 4.69) is 19.2 Å². The number of aliphatic carboxylic acids is 1. The molecule has 2 atom stereocenters. The molecule has 0 aliphatic heterocycles. The third-order valence-electron chi connectivity index (χ3n) is 3.77. The van der Waals surface area contributed by atoms with Gasteiger partial charge in [0.25, 0.3) is 0 Å². The Kier molecular flexibility index (Phi) is 4.78. The molecule has 0 bridgehead atoms. The fourth-order valence-corrected chi connectivity index (χ4v) is 3.12. The van der Waals surface area contributed by atoms with Crippen LogP contribution in [-0.4, -0.2) is 23.7 Å². The molecule has 3 heteroatoms. The van der Waals surface area contributed by atoms with E-state index in [0.717, 1.165) is 19.3 Å². The molecular weight excluding hydrogens is 202 g/mol. The summed E-state index contributed by atoms with van der Waals surface area (Å²) in [7, 11) is 1.90. The molecule has 1 saturated carbocycles. The van der Waals surface area contributed by atoms with E-state index in [4.69, 9.17) is 5.11 Å². The molecule has 16 heavy (non-hydrogen) atoms. The van der Waals surface area contributed by atoms with Gasteiger partial charge in [-0.15, -0.1) is 0 Å². The fraction of sp³-hybridized carbons (Fsp3) is 0.923. The Balaban J connectivity index is 2.60. The van der Waals surface area contributed by atoms with E-state index in [1.807, 2.05) is 7.05 Å². The third kappa shape index (κ3) is 3.78. The van der Waals surface area contributed by atoms with E-state index in [0.29, 0.717) is 11.8 Å². The second-order valence-electron chi connectivity index (χ2n) is 5.69. The van der Waals surface area contributed by atoms with Crippen molar-refractivity contribution in [1.29, 1.82) is 0 Å². The van der Waals surface area contributed by atoms with Crippen LogP contribution in [0.5, 0.6) is 0 Å². The minimum atomic E-state index is -0.681. The Labute approximate surface area is 98.6 Å². The molecule has 2 N–H and O–H groups in total. The van der Waals surface area contributed by atoms with E-state index < -0.39 is 5.97 Å². The van der Waals surface area contributed by atoms with E-state index >= 15 is 0 Å². The summed E-state index contributed by atoms with van der Waals surface area (Å²) >= 11 is 0. The zero-order valence-corrected chi connectivity index (χ0v) is 10.8. The highest BCUT2D eigenvalue weighted by Gasteiger charge is 2.36. The molecule has 2 unspecified atom stereocenters. The first-order valence-corrected chi connectivity index (χ1v) is 6.38. The minimum absolute atomic E-state index is 0.149. The van der Waals surface area contributed by atoms with Gasteiger partial charge in [0.15, 0.2) is 0 Å². The van der Waals surface area contributed by atoms with Gasteiger partial charge in [-0.2, -0.15) is 0 Å². The zero-order valence-electron chi connectivity index (χ0n) is 10.8. The van der Waals surface area contributed by atoms with Crippen molar-refractivity contribution in [3.63, 3.8) is 0 Å². The Morgan fingerprint density at radius 3 is 2.75 bits per heavy atom. The van der Waals surface area contributed by atoms with E-state index in [9.17, 15) is 4.79 Å². The first-order valence-electron chi connectivity index (χ1n) is 6.38. The first kappa shape index (κ1) is 13.5. The Morgan fingerprint density at radius 2 is 2.25 bits per heavy atom. The maximum absolute atomic E-state index is 10.9. The predicted octanol–water partition coefficient (Wildman–Crippen LogP) is 2.66. The summed E-state index contributed by atoms with van der Waals surface area (Å²) in [4.78, 5) is 10.9. The van der Waals surface area contributed by atoms with Crippen LogP contribution in [0.15, 0.2) is 0 Å². The smallest absolute Gasteiger partial charge is 0.305 e. The van der Waals surface area contributed by atoms with Crippen molar-refractivity contribution in [3.8, 4) is 0 Å². The predicted molar refractivity (Wildman–Crippen MR) is 65.5 cm³/mol. The number of nitrogens with one attached hydrogen (secondary N) is 1. The summed E-state index contributed by atoms with van der Waals surface area (Å²) in [6, 6.07) is 0. The van der Waals surface area contributed by atoms with Crippen LogP contribution >= 0.6 is 0 Å². The average Bonchev–Trinajstić information content (AvgIpc) is 2.16. The largest absolute Gasteiger partial charge is 0.481 e. The maximum atomic E-state index is 10.9. The van der Waals surface area contributed by atoms with Crippen LogP contribution < -0.4 is 5.32 Å². The lowest BCUT2D eigenvalue weighted by molar-refractivity contribution is -0.139. The Morgan fingerprint density at radius 1 is 1.56 bits per heavy atom. The summed E-state index contributed by atoms with van der Waals surface area (Å²) in [6.45, 7) is 4.49. The second kappa shape index (κ2) is 5.67. The van der Waals surface area contributed by atoms with Gasteiger partial charge in [0, 0.05) is 5.54 Å². The topological polar surface area (TPSA) is 49.3 Å². The molecular formula is C13H25NO2. The van der Waals surface area contributed by atoms with Crippen LogP contribution in [0.3, 0.4) is 0 Å². The summed E-state index contributed by atoms with van der Waals surface area (Å²) in [6.07, 6.45) is 5.94. The van der Waals surface area contributed by atoms with Crippen molar-refractivity contribution in [2.24, 2.45) is 11.8 Å². The van der Waals surface area contributed by atoms with E-state index in [1.165, 1.54) is 12.8 Å². The normalized spacial score (nSPS) is 30.6. The highest BCUT2D eigenvalue weighted by molar-refractivity contribution is 5.68. The fourth-order valence-electron chi connectivity index (χ4n) is 3.12. The van der Waals surface area contributed by atoms with Gasteiger partial charge in [-0.3, -0.25) is 4.79 Å². The summed E-state index contributed by atoms with van der Waals surface area (Å²) < 4.78 is 0. The third-order valence-corrected chi connectivity index (χ3v) is 3.77. The number of hydrogen-bond donors (Lipinski definition) is 2. The Bertz CT molecular complexity index is 240. The number of carbonyl (C=O) groups is 1. The first-order chi connectivity index (χ1) is 7.47. The van der Waals surface area contributed by atoms with Crippen LogP contribution in [0.4, 0.5) is 0 Å². The van der Waals surface area contributed by atoms with E-state index in [1.54, 1.807) is 0 Å². The number of carboxylic acids is 1. The molecule has 94 valence electrons. The zero-order chi connectivity index (χ0) is 12.2. The lowest BCUT2D eigenvalue weighted by Crippen LogP contribution is -2.48. The molecule has 3 nitrogen and oxygen atoms in total. The van der Waals surface area contributed by atoms with Gasteiger partial charge < -0.3 is 10.4 Å². The second-order valence-corrected chi connectivity index (χ2v) is 5.69. The number of rotatable bonds is 5. The van der Waals surface area contributed by atoms with Crippen LogP contribution in [-0.2, 0) is 4.79 Å². The lowest BCUT2D eigenvalue weighted by Gasteiger charge is -2.40. The number of hydrogen-bond acceptors (Lipinski definition) is 2. The quantitative estimate of drug-likeness (QED) is 0.759. The van der Waals surface area contributed by atoms with Crippen LogP contribution in [0, 0.1) is 11.8 Å². The average molecular weight is 227 g/mol. The molecule has 1 aliphatic carbocycles. The molecule has 0 aromatic heterocycles. The molecule has 0 saturated heterocycles. The van der Waals surface area contributed by atoms with Gasteiger partial charge in [-0.1, -0.05) is 26.7 Å². The summed E-state index contributed by atoms with van der Waals surface area (Å²) in [5.74, 6) is 0.725. The van der Waals surface area contributed by atoms with Gasteiger partial charge in [0.05, 0.1) is 6.42 Å². The highest BCUT2D eigenvalue weighted by atomic mass is 16.4. The van der Waals surface area contributed by atoms with Gasteiger partial charge in [0.2, 0.25) is 0 Å². The van der Waals surface area contributed by atoms with Crippen LogP contribution in [0.1, 0.15) is 52.4 Å². The van der Waals surface area contributed by atoms with Gasteiger partial charge in [-0.25, -0.2) is 0 Å². The van der Waals surface area contributed by atoms with Crippen molar-refractivity contribution in [1.82, 2.24) is 5.32 Å². The van der Waals surface area contributed by atoms with Gasteiger partial charge in [0.1, 0.15) is 0 Å². The molecule has 0 spiro atoms.